The Labute approximate surface area is 117 Å². The van der Waals surface area contributed by atoms with Gasteiger partial charge in [0.15, 0.2) is 0 Å². The third-order valence-electron chi connectivity index (χ3n) is 2.08. The lowest BCUT2D eigenvalue weighted by Gasteiger charge is -2.07. The maximum Gasteiger partial charge on any atom is 0.0931 e. The van der Waals surface area contributed by atoms with E-state index < -0.39 is 0 Å². The maximum absolute atomic E-state index is 5.87. The Morgan fingerprint density at radius 2 is 2.12 bits per heavy atom. The molecule has 0 aliphatic heterocycles. The molecule has 0 atom stereocenters. The Morgan fingerprint density at radius 3 is 2.75 bits per heavy atom. The minimum Gasteiger partial charge on any atom is -0.399 e. The van der Waals surface area contributed by atoms with Crippen LogP contribution in [0.2, 0.25) is 4.34 Å². The first-order valence-corrected chi connectivity index (χ1v) is 6.95. The molecule has 0 unspecified atom stereocenters. The van der Waals surface area contributed by atoms with Crippen LogP contribution >= 0.6 is 45.5 Å². The predicted molar refractivity (Wildman–Crippen MR) is 80.2 cm³/mol. The van der Waals surface area contributed by atoms with Crippen LogP contribution in [0.25, 0.3) is 0 Å². The zero-order valence-corrected chi connectivity index (χ0v) is 12.1. The topological polar surface area (TPSA) is 38.0 Å². The summed E-state index contributed by atoms with van der Waals surface area (Å²) in [6, 6.07) is 9.78. The molecule has 0 saturated carbocycles. The van der Waals surface area contributed by atoms with E-state index in [2.05, 4.69) is 27.9 Å². The van der Waals surface area contributed by atoms with Gasteiger partial charge in [-0.2, -0.15) is 0 Å². The fourth-order valence-corrected chi connectivity index (χ4v) is 3.06. The van der Waals surface area contributed by atoms with Crippen LogP contribution in [0.1, 0.15) is 4.88 Å². The summed E-state index contributed by atoms with van der Waals surface area (Å²) in [6.45, 7) is 0.789. The van der Waals surface area contributed by atoms with E-state index in [4.69, 9.17) is 17.3 Å². The Bertz CT molecular complexity index is 498. The van der Waals surface area contributed by atoms with Crippen LogP contribution in [0.15, 0.2) is 30.3 Å². The van der Waals surface area contributed by atoms with Gasteiger partial charge in [-0.05, 0) is 52.9 Å². The molecule has 2 aromatic rings. The third kappa shape index (κ3) is 3.02. The summed E-state index contributed by atoms with van der Waals surface area (Å²) in [7, 11) is 0. The van der Waals surface area contributed by atoms with Crippen molar-refractivity contribution in [3.63, 3.8) is 0 Å². The average Bonchev–Trinajstić information content (AvgIpc) is 2.63. The van der Waals surface area contributed by atoms with Crippen molar-refractivity contribution in [3.8, 4) is 0 Å². The highest BCUT2D eigenvalue weighted by atomic mass is 127. The molecule has 0 saturated heterocycles. The van der Waals surface area contributed by atoms with Crippen molar-refractivity contribution in [2.24, 2.45) is 0 Å². The molecule has 0 radical (unpaired) electrons. The van der Waals surface area contributed by atoms with E-state index in [0.717, 1.165) is 25.8 Å². The first-order chi connectivity index (χ1) is 7.65. The summed E-state index contributed by atoms with van der Waals surface area (Å²) < 4.78 is 1.95. The summed E-state index contributed by atoms with van der Waals surface area (Å²) in [6.07, 6.45) is 0. The molecule has 84 valence electrons. The zero-order chi connectivity index (χ0) is 11.5. The molecular weight excluding hydrogens is 355 g/mol. The second-order valence-electron chi connectivity index (χ2n) is 3.30. The second kappa shape index (κ2) is 5.25. The molecule has 0 fully saturated rings. The fraction of sp³-hybridized carbons (Fsp3) is 0.0909. The van der Waals surface area contributed by atoms with Gasteiger partial charge in [0, 0.05) is 26.4 Å². The number of benzene rings is 1. The number of nitrogens with two attached hydrogens (primary N) is 1. The van der Waals surface area contributed by atoms with Gasteiger partial charge in [-0.25, -0.2) is 0 Å². The standard InChI is InChI=1S/C11H10ClIN2S/c12-11-4-2-8(16-11)6-15-10-3-1-7(14)5-9(10)13/h1-5,15H,6,14H2. The van der Waals surface area contributed by atoms with Crippen molar-refractivity contribution >= 4 is 56.9 Å². The second-order valence-corrected chi connectivity index (χ2v) is 6.26. The van der Waals surface area contributed by atoms with Gasteiger partial charge < -0.3 is 11.1 Å². The van der Waals surface area contributed by atoms with Crippen molar-refractivity contribution < 1.29 is 0 Å². The first kappa shape index (κ1) is 12.0. The number of hydrogen-bond donors (Lipinski definition) is 2. The summed E-state index contributed by atoms with van der Waals surface area (Å²) in [5, 5.41) is 3.36. The zero-order valence-electron chi connectivity index (χ0n) is 8.34. The lowest BCUT2D eigenvalue weighted by Crippen LogP contribution is -1.99. The lowest BCUT2D eigenvalue weighted by atomic mass is 10.3. The molecule has 5 heteroatoms. The van der Waals surface area contributed by atoms with Crippen LogP contribution < -0.4 is 11.1 Å². The molecule has 1 aromatic heterocycles. The molecule has 0 aliphatic rings. The average molecular weight is 365 g/mol. The molecule has 1 aromatic carbocycles. The van der Waals surface area contributed by atoms with Gasteiger partial charge in [-0.1, -0.05) is 11.6 Å². The van der Waals surface area contributed by atoms with Gasteiger partial charge >= 0.3 is 0 Å². The van der Waals surface area contributed by atoms with Crippen molar-refractivity contribution in [2.45, 2.75) is 6.54 Å². The minimum absolute atomic E-state index is 0.786. The minimum atomic E-state index is 0.786. The molecule has 3 N–H and O–H groups in total. The number of rotatable bonds is 3. The van der Waals surface area contributed by atoms with Gasteiger partial charge in [0.25, 0.3) is 0 Å². The SMILES string of the molecule is Nc1ccc(NCc2ccc(Cl)s2)c(I)c1. The Kier molecular flexibility index (Phi) is 3.94. The lowest BCUT2D eigenvalue weighted by molar-refractivity contribution is 1.19. The summed E-state index contributed by atoms with van der Waals surface area (Å²) in [4.78, 5) is 1.22. The molecule has 16 heavy (non-hydrogen) atoms. The van der Waals surface area contributed by atoms with Gasteiger partial charge in [0.05, 0.1) is 4.34 Å². The van der Waals surface area contributed by atoms with Crippen LogP contribution in [-0.2, 0) is 6.54 Å². The van der Waals surface area contributed by atoms with E-state index >= 15 is 0 Å². The van der Waals surface area contributed by atoms with E-state index in [0.29, 0.717) is 0 Å². The number of anilines is 2. The molecule has 1 heterocycles. The van der Waals surface area contributed by atoms with Crippen LogP contribution in [0.3, 0.4) is 0 Å². The van der Waals surface area contributed by atoms with Crippen molar-refractivity contribution in [3.05, 3.63) is 43.1 Å². The summed E-state index contributed by atoms with van der Waals surface area (Å²) in [5.74, 6) is 0. The molecule has 2 nitrogen and oxygen atoms in total. The van der Waals surface area contributed by atoms with Gasteiger partial charge in [0.2, 0.25) is 0 Å². The monoisotopic (exact) mass is 364 g/mol. The van der Waals surface area contributed by atoms with Crippen LogP contribution in [-0.4, -0.2) is 0 Å². The highest BCUT2D eigenvalue weighted by Gasteiger charge is 2.01. The predicted octanol–water partition coefficient (Wildman–Crippen LogP) is 4.20. The van der Waals surface area contributed by atoms with E-state index in [9.17, 15) is 0 Å². The van der Waals surface area contributed by atoms with Crippen molar-refractivity contribution in [1.82, 2.24) is 0 Å². The van der Waals surface area contributed by atoms with Crippen LogP contribution in [0.5, 0.6) is 0 Å². The number of nitrogens with one attached hydrogen (secondary N) is 1. The maximum atomic E-state index is 5.87. The summed E-state index contributed by atoms with van der Waals surface area (Å²) >= 11 is 9.73. The van der Waals surface area contributed by atoms with Gasteiger partial charge in [-0.15, -0.1) is 11.3 Å². The van der Waals surface area contributed by atoms with Gasteiger partial charge in [0.1, 0.15) is 0 Å². The molecule has 0 spiro atoms. The summed E-state index contributed by atoms with van der Waals surface area (Å²) in [5.41, 5.74) is 7.57. The van der Waals surface area contributed by atoms with Gasteiger partial charge in [-0.3, -0.25) is 0 Å². The molecule has 0 amide bonds. The quantitative estimate of drug-likeness (QED) is 0.633. The van der Waals surface area contributed by atoms with Crippen molar-refractivity contribution in [2.75, 3.05) is 11.1 Å². The van der Waals surface area contributed by atoms with E-state index in [1.807, 2.05) is 30.3 Å². The van der Waals surface area contributed by atoms with Crippen LogP contribution in [0.4, 0.5) is 11.4 Å². The number of nitrogen functional groups attached to an aromatic ring is 1. The molecule has 2 rings (SSSR count). The van der Waals surface area contributed by atoms with Crippen LogP contribution in [0, 0.1) is 3.57 Å². The Morgan fingerprint density at radius 1 is 1.31 bits per heavy atom. The largest absolute Gasteiger partial charge is 0.399 e. The highest BCUT2D eigenvalue weighted by Crippen LogP contribution is 2.24. The van der Waals surface area contributed by atoms with E-state index in [-0.39, 0.29) is 0 Å². The Balaban J connectivity index is 2.04. The number of hydrogen-bond acceptors (Lipinski definition) is 3. The fourth-order valence-electron chi connectivity index (χ4n) is 1.30. The van der Waals surface area contributed by atoms with Crippen molar-refractivity contribution in [1.29, 1.82) is 0 Å². The number of thiophene rings is 1. The molecule has 0 aliphatic carbocycles. The number of halogens is 2. The third-order valence-corrected chi connectivity index (χ3v) is 4.20. The highest BCUT2D eigenvalue weighted by molar-refractivity contribution is 14.1. The van der Waals surface area contributed by atoms with E-state index in [1.165, 1.54) is 4.88 Å². The van der Waals surface area contributed by atoms with E-state index in [1.54, 1.807) is 11.3 Å². The first-order valence-electron chi connectivity index (χ1n) is 4.68. The molecule has 0 bridgehead atoms. The molecular formula is C11H10ClIN2S. The Hall–Kier alpha value is -0.460. The smallest absolute Gasteiger partial charge is 0.0931 e. The normalized spacial score (nSPS) is 10.4.